The van der Waals surface area contributed by atoms with Crippen molar-refractivity contribution in [1.29, 1.82) is 0 Å². The molecule has 1 aromatic carbocycles. The Morgan fingerprint density at radius 3 is 2.75 bits per heavy atom. The molecule has 2 aliphatic heterocycles. The normalized spacial score (nSPS) is 25.0. The number of benzene rings is 1. The fourth-order valence-electron chi connectivity index (χ4n) is 4.45. The zero-order valence-corrected chi connectivity index (χ0v) is 16.1. The molecule has 148 valence electrons. The molecule has 2 aliphatic rings. The van der Waals surface area contributed by atoms with Crippen LogP contribution < -0.4 is 9.64 Å². The van der Waals surface area contributed by atoms with Gasteiger partial charge in [-0.3, -0.25) is 9.78 Å². The number of rotatable bonds is 3. The van der Waals surface area contributed by atoms with Gasteiger partial charge in [0.1, 0.15) is 11.6 Å². The van der Waals surface area contributed by atoms with Crippen LogP contribution in [0.2, 0.25) is 0 Å². The second-order valence-electron chi connectivity index (χ2n) is 7.71. The van der Waals surface area contributed by atoms with Crippen molar-refractivity contribution in [2.45, 2.75) is 25.4 Å². The molecule has 1 aromatic heterocycles. The summed E-state index contributed by atoms with van der Waals surface area (Å²) in [5.41, 5.74) is 0.310. The maximum atomic E-state index is 13.1. The Balaban J connectivity index is 1.53. The summed E-state index contributed by atoms with van der Waals surface area (Å²) >= 11 is 0. The van der Waals surface area contributed by atoms with Crippen LogP contribution in [0.3, 0.4) is 0 Å². The van der Waals surface area contributed by atoms with Gasteiger partial charge in [0.2, 0.25) is 0 Å². The first-order valence-corrected chi connectivity index (χ1v) is 9.74. The summed E-state index contributed by atoms with van der Waals surface area (Å²) in [7, 11) is 1.61. The number of piperidine rings is 2. The van der Waals surface area contributed by atoms with Crippen LogP contribution in [0.5, 0.6) is 5.75 Å². The molecule has 2 fully saturated rings. The Kier molecular flexibility index (Phi) is 5.17. The van der Waals surface area contributed by atoms with Crippen LogP contribution in [-0.4, -0.2) is 65.3 Å². The molecular weight excluding hydrogens is 356 g/mol. The summed E-state index contributed by atoms with van der Waals surface area (Å²) in [6.45, 7) is 2.69. The van der Waals surface area contributed by atoms with Crippen molar-refractivity contribution < 1.29 is 14.6 Å². The van der Waals surface area contributed by atoms with Gasteiger partial charge in [-0.15, -0.1) is 0 Å². The maximum absolute atomic E-state index is 13.1. The van der Waals surface area contributed by atoms with Crippen LogP contribution >= 0.6 is 0 Å². The highest BCUT2D eigenvalue weighted by atomic mass is 16.5. The fourth-order valence-corrected chi connectivity index (χ4v) is 4.45. The Hall–Kier alpha value is -2.67. The van der Waals surface area contributed by atoms with E-state index in [0.717, 1.165) is 31.0 Å². The van der Waals surface area contributed by atoms with Gasteiger partial charge in [0, 0.05) is 49.6 Å². The van der Waals surface area contributed by atoms with Crippen LogP contribution in [-0.2, 0) is 0 Å². The van der Waals surface area contributed by atoms with E-state index >= 15 is 0 Å². The number of nitrogens with zero attached hydrogens (tertiary/aromatic N) is 4. The number of likely N-dealkylation sites (tertiary alicyclic amines) is 1. The summed E-state index contributed by atoms with van der Waals surface area (Å²) < 4.78 is 5.18. The molecule has 2 aromatic rings. The van der Waals surface area contributed by atoms with Crippen LogP contribution in [0, 0.1) is 5.41 Å². The predicted octanol–water partition coefficient (Wildman–Crippen LogP) is 1.98. The molecule has 28 heavy (non-hydrogen) atoms. The molecule has 0 radical (unpaired) electrons. The van der Waals surface area contributed by atoms with E-state index in [1.54, 1.807) is 50.0 Å². The van der Waals surface area contributed by atoms with E-state index in [1.165, 1.54) is 0 Å². The van der Waals surface area contributed by atoms with E-state index < -0.39 is 6.10 Å². The zero-order chi connectivity index (χ0) is 19.6. The van der Waals surface area contributed by atoms with Crippen molar-refractivity contribution >= 4 is 11.7 Å². The number of hydrogen-bond acceptors (Lipinski definition) is 6. The highest BCUT2D eigenvalue weighted by Crippen LogP contribution is 2.40. The van der Waals surface area contributed by atoms with Crippen molar-refractivity contribution in [3.8, 4) is 5.75 Å². The molecule has 1 spiro atoms. The van der Waals surface area contributed by atoms with Gasteiger partial charge in [0.15, 0.2) is 0 Å². The van der Waals surface area contributed by atoms with E-state index in [-0.39, 0.29) is 11.3 Å². The molecule has 4 rings (SSSR count). The van der Waals surface area contributed by atoms with E-state index in [2.05, 4.69) is 14.9 Å². The number of anilines is 1. The standard InChI is InChI=1S/C21H26N4O3/c1-28-17-5-3-16(4-6-17)20(27)25-11-2-8-21(15-25)14-24(12-7-18(21)26)19-13-22-9-10-23-19/h3-6,9-10,13,18,26H,2,7-8,11-12,14-15H2,1H3/t18-,21-/m1/s1. The number of aromatic nitrogens is 2. The van der Waals surface area contributed by atoms with Crippen LogP contribution in [0.4, 0.5) is 5.82 Å². The summed E-state index contributed by atoms with van der Waals surface area (Å²) in [5, 5.41) is 10.9. The molecule has 1 N–H and O–H groups in total. The van der Waals surface area contributed by atoms with Crippen molar-refractivity contribution in [3.63, 3.8) is 0 Å². The number of methoxy groups -OCH3 is 1. The number of aliphatic hydroxyl groups excluding tert-OH is 1. The first-order valence-electron chi connectivity index (χ1n) is 9.74. The minimum atomic E-state index is -0.424. The molecule has 0 saturated carbocycles. The summed E-state index contributed by atoms with van der Waals surface area (Å²) in [6, 6.07) is 7.20. The van der Waals surface area contributed by atoms with Crippen molar-refractivity contribution in [2.75, 3.05) is 38.2 Å². The number of carbonyl (C=O) groups excluding carboxylic acids is 1. The van der Waals surface area contributed by atoms with Gasteiger partial charge >= 0.3 is 0 Å². The van der Waals surface area contributed by atoms with E-state index in [9.17, 15) is 9.90 Å². The molecule has 0 unspecified atom stereocenters. The lowest BCUT2D eigenvalue weighted by molar-refractivity contribution is -0.0362. The zero-order valence-electron chi connectivity index (χ0n) is 16.1. The summed E-state index contributed by atoms with van der Waals surface area (Å²) in [5.74, 6) is 1.56. The number of ether oxygens (including phenoxy) is 1. The Bertz CT molecular complexity index is 814. The third kappa shape index (κ3) is 3.54. The predicted molar refractivity (Wildman–Crippen MR) is 105 cm³/mol. The maximum Gasteiger partial charge on any atom is 0.253 e. The fraction of sp³-hybridized carbons (Fsp3) is 0.476. The molecule has 7 heteroatoms. The molecule has 7 nitrogen and oxygen atoms in total. The lowest BCUT2D eigenvalue weighted by Crippen LogP contribution is -2.60. The monoisotopic (exact) mass is 382 g/mol. The van der Waals surface area contributed by atoms with Gasteiger partial charge < -0.3 is 19.6 Å². The first-order chi connectivity index (χ1) is 13.6. The van der Waals surface area contributed by atoms with Crippen LogP contribution in [0.1, 0.15) is 29.6 Å². The van der Waals surface area contributed by atoms with Crippen molar-refractivity contribution in [3.05, 3.63) is 48.4 Å². The topological polar surface area (TPSA) is 78.8 Å². The molecule has 1 amide bonds. The average Bonchev–Trinajstić information content (AvgIpc) is 2.76. The van der Waals surface area contributed by atoms with Crippen LogP contribution in [0.15, 0.2) is 42.9 Å². The number of amides is 1. The SMILES string of the molecule is COc1ccc(C(=O)N2CCC[C@]3(C2)CN(c2cnccn2)CC[C@H]3O)cc1. The summed E-state index contributed by atoms with van der Waals surface area (Å²) in [6.07, 6.45) is 7.13. The minimum absolute atomic E-state index is 0.00514. The Morgan fingerprint density at radius 1 is 1.21 bits per heavy atom. The van der Waals surface area contributed by atoms with Crippen molar-refractivity contribution in [1.82, 2.24) is 14.9 Å². The number of aliphatic hydroxyl groups is 1. The molecule has 0 aliphatic carbocycles. The van der Waals surface area contributed by atoms with Gasteiger partial charge in [-0.05, 0) is 43.5 Å². The number of hydrogen-bond donors (Lipinski definition) is 1. The van der Waals surface area contributed by atoms with Gasteiger partial charge in [0.05, 0.1) is 19.4 Å². The summed E-state index contributed by atoms with van der Waals surface area (Å²) in [4.78, 5) is 25.7. The molecular formula is C21H26N4O3. The number of carbonyl (C=O) groups is 1. The second kappa shape index (κ2) is 7.75. The quantitative estimate of drug-likeness (QED) is 0.875. The van der Waals surface area contributed by atoms with E-state index in [1.807, 2.05) is 4.90 Å². The van der Waals surface area contributed by atoms with Gasteiger partial charge in [0.25, 0.3) is 5.91 Å². The largest absolute Gasteiger partial charge is 0.497 e. The van der Waals surface area contributed by atoms with E-state index in [4.69, 9.17) is 4.74 Å². The highest BCUT2D eigenvalue weighted by molar-refractivity contribution is 5.94. The van der Waals surface area contributed by atoms with Crippen molar-refractivity contribution in [2.24, 2.45) is 5.41 Å². The minimum Gasteiger partial charge on any atom is -0.497 e. The lowest BCUT2D eigenvalue weighted by atomic mass is 9.71. The highest BCUT2D eigenvalue weighted by Gasteiger charge is 2.46. The lowest BCUT2D eigenvalue weighted by Gasteiger charge is -2.51. The first kappa shape index (κ1) is 18.7. The average molecular weight is 382 g/mol. The third-order valence-electron chi connectivity index (χ3n) is 5.99. The Morgan fingerprint density at radius 2 is 2.04 bits per heavy atom. The van der Waals surface area contributed by atoms with Gasteiger partial charge in [-0.25, -0.2) is 4.98 Å². The molecule has 0 bridgehead atoms. The van der Waals surface area contributed by atoms with E-state index in [0.29, 0.717) is 31.6 Å². The smallest absolute Gasteiger partial charge is 0.253 e. The molecule has 2 saturated heterocycles. The second-order valence-corrected chi connectivity index (χ2v) is 7.71. The third-order valence-corrected chi connectivity index (χ3v) is 5.99. The van der Waals surface area contributed by atoms with Gasteiger partial charge in [-0.2, -0.15) is 0 Å². The molecule has 2 atom stereocenters. The Labute approximate surface area is 165 Å². The molecule has 3 heterocycles. The van der Waals surface area contributed by atoms with Crippen LogP contribution in [0.25, 0.3) is 0 Å². The van der Waals surface area contributed by atoms with Gasteiger partial charge in [-0.1, -0.05) is 0 Å².